The predicted octanol–water partition coefficient (Wildman–Crippen LogP) is 2.45. The zero-order valence-electron chi connectivity index (χ0n) is 17.1. The van der Waals surface area contributed by atoms with Crippen LogP contribution in [0, 0.1) is 12.3 Å². The highest BCUT2D eigenvalue weighted by Crippen LogP contribution is 2.21. The van der Waals surface area contributed by atoms with Crippen LogP contribution in [-0.4, -0.2) is 57.9 Å². The molecule has 3 rings (SSSR count). The summed E-state index contributed by atoms with van der Waals surface area (Å²) in [6, 6.07) is 14.4. The number of hydrogen-bond acceptors (Lipinski definition) is 6. The number of anilines is 1. The summed E-state index contributed by atoms with van der Waals surface area (Å²) in [5.74, 6) is 2.86. The Morgan fingerprint density at radius 2 is 2.03 bits per heavy atom. The van der Waals surface area contributed by atoms with Crippen LogP contribution in [0.2, 0.25) is 0 Å². The molecule has 2 amide bonds. The first-order chi connectivity index (χ1) is 15.0. The fourth-order valence-electron chi connectivity index (χ4n) is 2.67. The summed E-state index contributed by atoms with van der Waals surface area (Å²) in [4.78, 5) is 26.1. The molecule has 1 heterocycles. The van der Waals surface area contributed by atoms with Gasteiger partial charge >= 0.3 is 0 Å². The number of methoxy groups -OCH3 is 1. The van der Waals surface area contributed by atoms with E-state index >= 15 is 0 Å². The summed E-state index contributed by atoms with van der Waals surface area (Å²) < 4.78 is 6.95. The minimum atomic E-state index is -0.309. The maximum absolute atomic E-state index is 12.5. The lowest BCUT2D eigenvalue weighted by Gasteiger charge is -2.16. The summed E-state index contributed by atoms with van der Waals surface area (Å²) in [7, 11) is 3.18. The van der Waals surface area contributed by atoms with Gasteiger partial charge in [-0.25, -0.2) is 0 Å². The molecule has 0 saturated heterocycles. The second-order valence-electron chi connectivity index (χ2n) is 6.49. The highest BCUT2D eigenvalue weighted by Gasteiger charge is 2.16. The first kappa shape index (κ1) is 21.9. The van der Waals surface area contributed by atoms with Crippen LogP contribution < -0.4 is 10.1 Å². The van der Waals surface area contributed by atoms with E-state index in [4.69, 9.17) is 11.2 Å². The van der Waals surface area contributed by atoms with Crippen LogP contribution in [0.25, 0.3) is 5.69 Å². The van der Waals surface area contributed by atoms with Crippen molar-refractivity contribution in [1.82, 2.24) is 19.7 Å². The van der Waals surface area contributed by atoms with Gasteiger partial charge in [-0.3, -0.25) is 14.2 Å². The number of likely N-dealkylation sites (N-methyl/N-ethyl adjacent to an activating group) is 1. The predicted molar refractivity (Wildman–Crippen MR) is 119 cm³/mol. The minimum absolute atomic E-state index is 0.0785. The SMILES string of the molecule is C#Cc1cccc(NC(=O)CN(C)C(=O)CSc2nncn2-c2ccc(OC)cc2)c1. The fraction of sp³-hybridized carbons (Fsp3) is 0.182. The Bertz CT molecular complexity index is 1100. The van der Waals surface area contributed by atoms with Crippen LogP contribution in [0.5, 0.6) is 5.75 Å². The second-order valence-corrected chi connectivity index (χ2v) is 7.44. The molecule has 9 heteroatoms. The molecule has 0 atom stereocenters. The lowest BCUT2D eigenvalue weighted by atomic mass is 10.2. The van der Waals surface area contributed by atoms with Crippen LogP contribution in [0.1, 0.15) is 5.56 Å². The monoisotopic (exact) mass is 435 g/mol. The van der Waals surface area contributed by atoms with Crippen molar-refractivity contribution in [2.45, 2.75) is 5.16 Å². The van der Waals surface area contributed by atoms with Crippen molar-refractivity contribution in [3.8, 4) is 23.8 Å². The van der Waals surface area contributed by atoms with Crippen molar-refractivity contribution in [1.29, 1.82) is 0 Å². The van der Waals surface area contributed by atoms with E-state index in [2.05, 4.69) is 21.4 Å². The minimum Gasteiger partial charge on any atom is -0.497 e. The highest BCUT2D eigenvalue weighted by molar-refractivity contribution is 7.99. The number of rotatable bonds is 8. The molecule has 1 aromatic heterocycles. The van der Waals surface area contributed by atoms with E-state index in [9.17, 15) is 9.59 Å². The van der Waals surface area contributed by atoms with Gasteiger partial charge in [-0.2, -0.15) is 0 Å². The highest BCUT2D eigenvalue weighted by atomic mass is 32.2. The molecular weight excluding hydrogens is 414 g/mol. The van der Waals surface area contributed by atoms with Crippen LogP contribution in [-0.2, 0) is 9.59 Å². The van der Waals surface area contributed by atoms with Gasteiger partial charge in [0.15, 0.2) is 5.16 Å². The van der Waals surface area contributed by atoms with Gasteiger partial charge < -0.3 is 15.0 Å². The van der Waals surface area contributed by atoms with Gasteiger partial charge in [-0.15, -0.1) is 16.6 Å². The maximum Gasteiger partial charge on any atom is 0.243 e. The van der Waals surface area contributed by atoms with Crippen molar-refractivity contribution in [3.63, 3.8) is 0 Å². The van der Waals surface area contributed by atoms with Gasteiger partial charge in [-0.1, -0.05) is 23.7 Å². The van der Waals surface area contributed by atoms with Crippen molar-refractivity contribution in [3.05, 3.63) is 60.4 Å². The number of amides is 2. The average Bonchev–Trinajstić information content (AvgIpc) is 3.26. The number of carbonyl (C=O) groups is 2. The molecule has 3 aromatic rings. The zero-order valence-corrected chi connectivity index (χ0v) is 17.9. The number of hydrogen-bond donors (Lipinski definition) is 1. The first-order valence-electron chi connectivity index (χ1n) is 9.28. The quantitative estimate of drug-likeness (QED) is 0.432. The number of ether oxygens (including phenoxy) is 1. The molecular formula is C22H21N5O3S. The molecule has 0 aliphatic carbocycles. The maximum atomic E-state index is 12.5. The smallest absolute Gasteiger partial charge is 0.243 e. The molecule has 31 heavy (non-hydrogen) atoms. The number of benzene rings is 2. The van der Waals surface area contributed by atoms with E-state index in [0.717, 1.165) is 11.4 Å². The Morgan fingerprint density at radius 3 is 2.74 bits per heavy atom. The number of terminal acetylenes is 1. The van der Waals surface area contributed by atoms with E-state index in [1.807, 2.05) is 24.3 Å². The number of carbonyl (C=O) groups excluding carboxylic acids is 2. The Labute approximate surface area is 184 Å². The van der Waals surface area contributed by atoms with Crippen molar-refractivity contribution >= 4 is 29.3 Å². The van der Waals surface area contributed by atoms with Gasteiger partial charge in [0.05, 0.1) is 19.4 Å². The van der Waals surface area contributed by atoms with Gasteiger partial charge in [0.25, 0.3) is 0 Å². The summed E-state index contributed by atoms with van der Waals surface area (Å²) in [5, 5.41) is 11.3. The Kier molecular flexibility index (Phi) is 7.30. The van der Waals surface area contributed by atoms with Gasteiger partial charge in [0.1, 0.15) is 12.1 Å². The third kappa shape index (κ3) is 5.87. The Balaban J connectivity index is 1.54. The van der Waals surface area contributed by atoms with Crippen molar-refractivity contribution < 1.29 is 14.3 Å². The van der Waals surface area contributed by atoms with E-state index in [1.165, 1.54) is 16.7 Å². The van der Waals surface area contributed by atoms with Crippen molar-refractivity contribution in [2.24, 2.45) is 0 Å². The number of thioether (sulfide) groups is 1. The normalized spacial score (nSPS) is 10.2. The molecule has 0 unspecified atom stereocenters. The molecule has 2 aromatic carbocycles. The molecule has 1 N–H and O–H groups in total. The molecule has 0 saturated carbocycles. The van der Waals surface area contributed by atoms with E-state index in [-0.39, 0.29) is 24.1 Å². The van der Waals surface area contributed by atoms with E-state index in [1.54, 1.807) is 49.3 Å². The zero-order chi connectivity index (χ0) is 22.2. The number of aromatic nitrogens is 3. The number of nitrogens with one attached hydrogen (secondary N) is 1. The van der Waals surface area contributed by atoms with Crippen LogP contribution >= 0.6 is 11.8 Å². The first-order valence-corrected chi connectivity index (χ1v) is 10.3. The lowest BCUT2D eigenvalue weighted by Crippen LogP contribution is -2.36. The average molecular weight is 436 g/mol. The summed E-state index contributed by atoms with van der Waals surface area (Å²) in [5.41, 5.74) is 2.10. The largest absolute Gasteiger partial charge is 0.497 e. The number of nitrogens with zero attached hydrogens (tertiary/aromatic N) is 4. The summed E-state index contributed by atoms with van der Waals surface area (Å²) in [6.07, 6.45) is 6.95. The van der Waals surface area contributed by atoms with Crippen LogP contribution in [0.4, 0.5) is 5.69 Å². The molecule has 0 spiro atoms. The third-order valence-electron chi connectivity index (χ3n) is 4.31. The molecule has 0 aliphatic heterocycles. The van der Waals surface area contributed by atoms with Crippen molar-refractivity contribution in [2.75, 3.05) is 31.8 Å². The lowest BCUT2D eigenvalue weighted by molar-refractivity contribution is -0.131. The van der Waals surface area contributed by atoms with Gasteiger partial charge in [-0.05, 0) is 42.5 Å². The molecule has 0 radical (unpaired) electrons. The summed E-state index contributed by atoms with van der Waals surface area (Å²) in [6.45, 7) is -0.0785. The fourth-order valence-corrected chi connectivity index (χ4v) is 3.54. The van der Waals surface area contributed by atoms with Crippen LogP contribution in [0.15, 0.2) is 60.0 Å². The van der Waals surface area contributed by atoms with Gasteiger partial charge in [0.2, 0.25) is 11.8 Å². The molecule has 8 nitrogen and oxygen atoms in total. The van der Waals surface area contributed by atoms with E-state index in [0.29, 0.717) is 16.4 Å². The van der Waals surface area contributed by atoms with E-state index < -0.39 is 0 Å². The molecule has 0 fully saturated rings. The molecule has 0 aliphatic rings. The van der Waals surface area contributed by atoms with Crippen LogP contribution in [0.3, 0.4) is 0 Å². The van der Waals surface area contributed by atoms with Gasteiger partial charge in [0, 0.05) is 24.0 Å². The Morgan fingerprint density at radius 1 is 1.26 bits per heavy atom. The topological polar surface area (TPSA) is 89.4 Å². The Hall–Kier alpha value is -3.77. The third-order valence-corrected chi connectivity index (χ3v) is 5.24. The molecule has 158 valence electrons. The second kappa shape index (κ2) is 10.3. The standard InChI is InChI=1S/C22H21N5O3S/c1-4-16-6-5-7-17(12-16)24-20(28)13-26(2)21(29)14-31-22-25-23-15-27(22)18-8-10-19(30-3)11-9-18/h1,5-12,15H,13-14H2,2-3H3,(H,24,28). The summed E-state index contributed by atoms with van der Waals surface area (Å²) >= 11 is 1.24. The molecule has 0 bridgehead atoms.